The molecule has 1 aromatic rings. The van der Waals surface area contributed by atoms with Crippen LogP contribution in [0.2, 0.25) is 5.02 Å². The van der Waals surface area contributed by atoms with Crippen molar-refractivity contribution >= 4 is 23.4 Å². The van der Waals surface area contributed by atoms with Gasteiger partial charge in [-0.1, -0.05) is 11.6 Å². The summed E-state index contributed by atoms with van der Waals surface area (Å²) in [6.45, 7) is 1.95. The normalized spacial score (nSPS) is 12.4. The van der Waals surface area contributed by atoms with E-state index in [-0.39, 0.29) is 6.04 Å². The van der Waals surface area contributed by atoms with E-state index >= 15 is 0 Å². The number of ether oxygens (including phenoxy) is 2. The van der Waals surface area contributed by atoms with E-state index in [2.05, 4.69) is 0 Å². The first-order valence-corrected chi connectivity index (χ1v) is 6.88. The maximum Gasteiger partial charge on any atom is 0.142 e. The van der Waals surface area contributed by atoms with Gasteiger partial charge < -0.3 is 15.2 Å². The van der Waals surface area contributed by atoms with E-state index in [0.717, 1.165) is 16.2 Å². The molecule has 0 fully saturated rings. The van der Waals surface area contributed by atoms with Crippen molar-refractivity contribution in [2.75, 3.05) is 20.5 Å². The third-order valence-electron chi connectivity index (χ3n) is 2.39. The minimum Gasteiger partial charge on any atom is -0.496 e. The lowest BCUT2D eigenvalue weighted by molar-refractivity contribution is 0.390. The summed E-state index contributed by atoms with van der Waals surface area (Å²) in [5, 5.41) is 0.593. The number of hydrogen-bond acceptors (Lipinski definition) is 4. The first-order chi connectivity index (χ1) is 8.04. The molecule has 1 aromatic carbocycles. The molecule has 0 heterocycles. The van der Waals surface area contributed by atoms with Gasteiger partial charge in [-0.3, -0.25) is 0 Å². The number of hydrogen-bond donors (Lipinski definition) is 1. The molecule has 0 amide bonds. The van der Waals surface area contributed by atoms with E-state index in [1.165, 1.54) is 11.8 Å². The largest absolute Gasteiger partial charge is 0.496 e. The number of halogens is 1. The van der Waals surface area contributed by atoms with Crippen molar-refractivity contribution in [3.05, 3.63) is 16.7 Å². The zero-order valence-electron chi connectivity index (χ0n) is 10.5. The summed E-state index contributed by atoms with van der Waals surface area (Å²) in [6.07, 6.45) is 2.66. The predicted molar refractivity (Wildman–Crippen MR) is 73.7 cm³/mol. The fraction of sp³-hybridized carbons (Fsp3) is 0.500. The average molecular weight is 276 g/mol. The highest BCUT2D eigenvalue weighted by Gasteiger charge is 2.18. The SMILES string of the molecule is COc1cc(CC(C)N)c(OC)c(Cl)c1SC. The van der Waals surface area contributed by atoms with Gasteiger partial charge in [0.25, 0.3) is 0 Å². The van der Waals surface area contributed by atoms with Gasteiger partial charge in [0.2, 0.25) is 0 Å². The maximum atomic E-state index is 6.31. The summed E-state index contributed by atoms with van der Waals surface area (Å²) in [6, 6.07) is 1.99. The molecule has 0 radical (unpaired) electrons. The Labute approximate surface area is 112 Å². The molecule has 0 saturated heterocycles. The van der Waals surface area contributed by atoms with Gasteiger partial charge >= 0.3 is 0 Å². The van der Waals surface area contributed by atoms with Crippen molar-refractivity contribution in [1.82, 2.24) is 0 Å². The Bertz CT molecular complexity index is 397. The number of methoxy groups -OCH3 is 2. The molecule has 0 spiro atoms. The molecule has 3 nitrogen and oxygen atoms in total. The van der Waals surface area contributed by atoms with Gasteiger partial charge in [0.15, 0.2) is 0 Å². The number of rotatable bonds is 5. The zero-order chi connectivity index (χ0) is 13.0. The van der Waals surface area contributed by atoms with Crippen LogP contribution >= 0.6 is 23.4 Å². The quantitative estimate of drug-likeness (QED) is 0.839. The smallest absolute Gasteiger partial charge is 0.142 e. The first-order valence-electron chi connectivity index (χ1n) is 5.28. The Kier molecular flexibility index (Phi) is 5.43. The monoisotopic (exact) mass is 275 g/mol. The van der Waals surface area contributed by atoms with Crippen molar-refractivity contribution in [2.45, 2.75) is 24.3 Å². The summed E-state index contributed by atoms with van der Waals surface area (Å²) in [5.41, 5.74) is 6.79. The molecular formula is C12H18ClNO2S. The van der Waals surface area contributed by atoms with Crippen LogP contribution in [0.4, 0.5) is 0 Å². The second kappa shape index (κ2) is 6.38. The topological polar surface area (TPSA) is 44.5 Å². The lowest BCUT2D eigenvalue weighted by Crippen LogP contribution is -2.18. The third-order valence-corrected chi connectivity index (χ3v) is 3.68. The Hall–Kier alpha value is -0.580. The molecule has 0 aromatic heterocycles. The van der Waals surface area contributed by atoms with Gasteiger partial charge in [0.1, 0.15) is 16.5 Å². The molecule has 0 saturated carbocycles. The van der Waals surface area contributed by atoms with Crippen molar-refractivity contribution < 1.29 is 9.47 Å². The van der Waals surface area contributed by atoms with Gasteiger partial charge in [-0.15, -0.1) is 11.8 Å². The van der Waals surface area contributed by atoms with Gasteiger partial charge in [-0.25, -0.2) is 0 Å². The average Bonchev–Trinajstić information content (AvgIpc) is 2.28. The van der Waals surface area contributed by atoms with Gasteiger partial charge in [-0.2, -0.15) is 0 Å². The highest BCUT2D eigenvalue weighted by molar-refractivity contribution is 7.98. The summed E-state index contributed by atoms with van der Waals surface area (Å²) < 4.78 is 10.7. The standard InChI is InChI=1S/C12H18ClNO2S/c1-7(14)5-8-6-9(15-2)12(17-4)10(13)11(8)16-3/h6-7H,5,14H2,1-4H3. The maximum absolute atomic E-state index is 6.31. The van der Waals surface area contributed by atoms with Crippen LogP contribution in [0.5, 0.6) is 11.5 Å². The molecule has 1 atom stereocenters. The summed E-state index contributed by atoms with van der Waals surface area (Å²) >= 11 is 7.85. The number of benzene rings is 1. The lowest BCUT2D eigenvalue weighted by atomic mass is 10.1. The van der Waals surface area contributed by atoms with Crippen LogP contribution in [0.15, 0.2) is 11.0 Å². The molecule has 2 N–H and O–H groups in total. The van der Waals surface area contributed by atoms with Crippen LogP contribution in [0.25, 0.3) is 0 Å². The van der Waals surface area contributed by atoms with E-state index in [1.807, 2.05) is 19.2 Å². The second-order valence-electron chi connectivity index (χ2n) is 3.80. The van der Waals surface area contributed by atoms with Crippen molar-refractivity contribution in [3.8, 4) is 11.5 Å². The van der Waals surface area contributed by atoms with Crippen LogP contribution < -0.4 is 15.2 Å². The molecule has 0 aliphatic carbocycles. The molecule has 96 valence electrons. The highest BCUT2D eigenvalue weighted by Crippen LogP contribution is 2.43. The summed E-state index contributed by atoms with van der Waals surface area (Å²) in [5.74, 6) is 1.45. The minimum atomic E-state index is 0.0461. The molecule has 1 rings (SSSR count). The fourth-order valence-corrected chi connectivity index (χ4v) is 2.84. The Balaban J connectivity index is 3.34. The molecule has 0 aliphatic rings. The molecule has 5 heteroatoms. The van der Waals surface area contributed by atoms with Gasteiger partial charge in [0, 0.05) is 11.6 Å². The molecule has 17 heavy (non-hydrogen) atoms. The Morgan fingerprint density at radius 2 is 2.06 bits per heavy atom. The minimum absolute atomic E-state index is 0.0461. The zero-order valence-corrected chi connectivity index (χ0v) is 12.1. The van der Waals surface area contributed by atoms with Crippen LogP contribution in [-0.2, 0) is 6.42 Å². The molecule has 1 unspecified atom stereocenters. The van der Waals surface area contributed by atoms with Crippen LogP contribution in [0, 0.1) is 0 Å². The fourth-order valence-electron chi connectivity index (χ4n) is 1.70. The van der Waals surface area contributed by atoms with E-state index in [9.17, 15) is 0 Å². The first kappa shape index (κ1) is 14.5. The van der Waals surface area contributed by atoms with E-state index in [0.29, 0.717) is 17.2 Å². The Morgan fingerprint density at radius 3 is 2.47 bits per heavy atom. The summed E-state index contributed by atoms with van der Waals surface area (Å²) in [7, 11) is 3.25. The van der Waals surface area contributed by atoms with Crippen LogP contribution in [0.1, 0.15) is 12.5 Å². The number of nitrogens with two attached hydrogens (primary N) is 1. The Morgan fingerprint density at radius 1 is 1.41 bits per heavy atom. The second-order valence-corrected chi connectivity index (χ2v) is 4.99. The lowest BCUT2D eigenvalue weighted by Gasteiger charge is -2.17. The van der Waals surface area contributed by atoms with Crippen molar-refractivity contribution in [2.24, 2.45) is 5.73 Å². The van der Waals surface area contributed by atoms with Crippen LogP contribution in [-0.4, -0.2) is 26.5 Å². The van der Waals surface area contributed by atoms with E-state index < -0.39 is 0 Å². The molecule has 0 aliphatic heterocycles. The van der Waals surface area contributed by atoms with Gasteiger partial charge in [0.05, 0.1) is 19.1 Å². The van der Waals surface area contributed by atoms with Crippen molar-refractivity contribution in [3.63, 3.8) is 0 Å². The number of thioether (sulfide) groups is 1. The summed E-state index contributed by atoms with van der Waals surface area (Å²) in [4.78, 5) is 0.888. The molecule has 0 bridgehead atoms. The van der Waals surface area contributed by atoms with Crippen LogP contribution in [0.3, 0.4) is 0 Å². The van der Waals surface area contributed by atoms with E-state index in [1.54, 1.807) is 14.2 Å². The third kappa shape index (κ3) is 3.21. The van der Waals surface area contributed by atoms with Crippen molar-refractivity contribution in [1.29, 1.82) is 0 Å². The molecular weight excluding hydrogens is 258 g/mol. The van der Waals surface area contributed by atoms with E-state index in [4.69, 9.17) is 26.8 Å². The van der Waals surface area contributed by atoms with Gasteiger partial charge in [-0.05, 0) is 25.7 Å². The predicted octanol–water partition coefficient (Wildman–Crippen LogP) is 2.97. The highest BCUT2D eigenvalue weighted by atomic mass is 35.5.